The summed E-state index contributed by atoms with van der Waals surface area (Å²) >= 11 is 0. The van der Waals surface area contributed by atoms with Crippen molar-refractivity contribution in [1.82, 2.24) is 15.6 Å². The standard InChI is InChI=1S/C16H22F3N3O/c17-16(18,19)14-8-7-12(11-22-14)15(23)21-10-9-20-13-5-3-1-2-4-6-13/h7-8,11,13,20H,1-6,9-10H2,(H,21,23). The fourth-order valence-corrected chi connectivity index (χ4v) is 2.73. The highest BCUT2D eigenvalue weighted by molar-refractivity contribution is 5.93. The molecule has 0 saturated heterocycles. The van der Waals surface area contributed by atoms with E-state index in [1.807, 2.05) is 0 Å². The Labute approximate surface area is 133 Å². The topological polar surface area (TPSA) is 54.0 Å². The summed E-state index contributed by atoms with van der Waals surface area (Å²) in [5.41, 5.74) is -0.864. The van der Waals surface area contributed by atoms with Crippen molar-refractivity contribution in [2.45, 2.75) is 50.7 Å². The zero-order chi connectivity index (χ0) is 16.7. The van der Waals surface area contributed by atoms with E-state index < -0.39 is 17.8 Å². The van der Waals surface area contributed by atoms with E-state index in [1.165, 1.54) is 25.7 Å². The lowest BCUT2D eigenvalue weighted by Gasteiger charge is -2.16. The van der Waals surface area contributed by atoms with Crippen LogP contribution < -0.4 is 10.6 Å². The third kappa shape index (κ3) is 5.82. The van der Waals surface area contributed by atoms with Crippen LogP contribution >= 0.6 is 0 Å². The van der Waals surface area contributed by atoms with E-state index in [4.69, 9.17) is 0 Å². The number of aromatic nitrogens is 1. The number of hydrogen-bond acceptors (Lipinski definition) is 3. The van der Waals surface area contributed by atoms with E-state index in [0.29, 0.717) is 19.1 Å². The minimum Gasteiger partial charge on any atom is -0.351 e. The van der Waals surface area contributed by atoms with Crippen molar-refractivity contribution in [1.29, 1.82) is 0 Å². The Hall–Kier alpha value is -1.63. The molecule has 0 bridgehead atoms. The monoisotopic (exact) mass is 329 g/mol. The molecule has 128 valence electrons. The fourth-order valence-electron chi connectivity index (χ4n) is 2.73. The average Bonchev–Trinajstić information content (AvgIpc) is 2.79. The quantitative estimate of drug-likeness (QED) is 0.644. The number of carbonyl (C=O) groups excluding carboxylic acids is 1. The molecule has 1 aliphatic carbocycles. The van der Waals surface area contributed by atoms with Gasteiger partial charge in [-0.15, -0.1) is 0 Å². The van der Waals surface area contributed by atoms with E-state index in [1.54, 1.807) is 0 Å². The maximum absolute atomic E-state index is 12.4. The lowest BCUT2D eigenvalue weighted by Crippen LogP contribution is -2.36. The number of alkyl halides is 3. The Morgan fingerprint density at radius 3 is 2.39 bits per heavy atom. The van der Waals surface area contributed by atoms with Gasteiger partial charge in [-0.05, 0) is 25.0 Å². The van der Waals surface area contributed by atoms with E-state index in [2.05, 4.69) is 15.6 Å². The van der Waals surface area contributed by atoms with Gasteiger partial charge in [0.15, 0.2) is 0 Å². The van der Waals surface area contributed by atoms with Gasteiger partial charge in [0.2, 0.25) is 0 Å². The first-order chi connectivity index (χ1) is 11.0. The van der Waals surface area contributed by atoms with E-state index in [-0.39, 0.29) is 5.56 Å². The first kappa shape index (κ1) is 17.7. The molecule has 0 atom stereocenters. The number of rotatable bonds is 5. The van der Waals surface area contributed by atoms with Gasteiger partial charge in [-0.3, -0.25) is 9.78 Å². The highest BCUT2D eigenvalue weighted by Gasteiger charge is 2.32. The van der Waals surface area contributed by atoms with Crippen molar-refractivity contribution in [3.8, 4) is 0 Å². The highest BCUT2D eigenvalue weighted by atomic mass is 19.4. The van der Waals surface area contributed by atoms with Crippen LogP contribution in [0.3, 0.4) is 0 Å². The van der Waals surface area contributed by atoms with Crippen LogP contribution in [0, 0.1) is 0 Å². The maximum atomic E-state index is 12.4. The van der Waals surface area contributed by atoms with Gasteiger partial charge in [0, 0.05) is 25.3 Å². The van der Waals surface area contributed by atoms with Gasteiger partial charge in [-0.1, -0.05) is 25.7 Å². The number of hydrogen-bond donors (Lipinski definition) is 2. The highest BCUT2D eigenvalue weighted by Crippen LogP contribution is 2.27. The molecule has 4 nitrogen and oxygen atoms in total. The number of pyridine rings is 1. The third-order valence-corrected chi connectivity index (χ3v) is 4.01. The lowest BCUT2D eigenvalue weighted by molar-refractivity contribution is -0.141. The molecule has 0 spiro atoms. The van der Waals surface area contributed by atoms with Crippen molar-refractivity contribution < 1.29 is 18.0 Å². The van der Waals surface area contributed by atoms with Crippen LogP contribution in [0.1, 0.15) is 54.6 Å². The Bertz CT molecular complexity index is 494. The van der Waals surface area contributed by atoms with Crippen molar-refractivity contribution in [2.24, 2.45) is 0 Å². The molecule has 7 heteroatoms. The van der Waals surface area contributed by atoms with Crippen molar-refractivity contribution in [2.75, 3.05) is 13.1 Å². The number of halogens is 3. The molecule has 0 radical (unpaired) electrons. The molecule has 0 aliphatic heterocycles. The first-order valence-corrected chi connectivity index (χ1v) is 8.01. The van der Waals surface area contributed by atoms with Crippen LogP contribution in [-0.2, 0) is 6.18 Å². The largest absolute Gasteiger partial charge is 0.433 e. The summed E-state index contributed by atoms with van der Waals surface area (Å²) in [6, 6.07) is 2.46. The fraction of sp³-hybridized carbons (Fsp3) is 0.625. The summed E-state index contributed by atoms with van der Waals surface area (Å²) in [5.74, 6) is -0.408. The van der Waals surface area contributed by atoms with Gasteiger partial charge in [0.05, 0.1) is 5.56 Å². The molecule has 1 heterocycles. The molecule has 1 aliphatic rings. The Morgan fingerprint density at radius 1 is 1.13 bits per heavy atom. The predicted molar refractivity (Wildman–Crippen MR) is 81.1 cm³/mol. The lowest BCUT2D eigenvalue weighted by atomic mass is 10.1. The zero-order valence-corrected chi connectivity index (χ0v) is 13.0. The van der Waals surface area contributed by atoms with E-state index in [0.717, 1.165) is 31.2 Å². The van der Waals surface area contributed by atoms with Crippen LogP contribution in [0.15, 0.2) is 18.3 Å². The number of nitrogens with one attached hydrogen (secondary N) is 2. The molecule has 1 amide bonds. The first-order valence-electron chi connectivity index (χ1n) is 8.01. The summed E-state index contributed by atoms with van der Waals surface area (Å²) in [6.07, 6.45) is 3.84. The number of amides is 1. The van der Waals surface area contributed by atoms with Crippen LogP contribution in [0.25, 0.3) is 0 Å². The SMILES string of the molecule is O=C(NCCNC1CCCCCC1)c1ccc(C(F)(F)F)nc1. The molecular weight excluding hydrogens is 307 g/mol. The summed E-state index contributed by atoms with van der Waals surface area (Å²) in [5, 5.41) is 6.11. The molecule has 0 unspecified atom stereocenters. The van der Waals surface area contributed by atoms with Crippen LogP contribution in [0.4, 0.5) is 13.2 Å². The zero-order valence-electron chi connectivity index (χ0n) is 13.0. The second-order valence-corrected chi connectivity index (χ2v) is 5.83. The Balaban J connectivity index is 1.72. The summed E-state index contributed by atoms with van der Waals surface area (Å²) in [7, 11) is 0. The van der Waals surface area contributed by atoms with E-state index >= 15 is 0 Å². The van der Waals surface area contributed by atoms with Crippen LogP contribution in [0.5, 0.6) is 0 Å². The normalized spacial score (nSPS) is 16.8. The average molecular weight is 329 g/mol. The van der Waals surface area contributed by atoms with Crippen LogP contribution in [0.2, 0.25) is 0 Å². The molecule has 23 heavy (non-hydrogen) atoms. The minimum absolute atomic E-state index is 0.132. The maximum Gasteiger partial charge on any atom is 0.433 e. The molecule has 1 fully saturated rings. The smallest absolute Gasteiger partial charge is 0.351 e. The summed E-state index contributed by atoms with van der Waals surface area (Å²) in [6.45, 7) is 1.10. The van der Waals surface area contributed by atoms with Crippen molar-refractivity contribution >= 4 is 5.91 Å². The predicted octanol–water partition coefficient (Wildman–Crippen LogP) is 3.14. The molecule has 1 aromatic rings. The molecule has 1 aromatic heterocycles. The van der Waals surface area contributed by atoms with Crippen LogP contribution in [-0.4, -0.2) is 30.0 Å². The second kappa shape index (κ2) is 8.29. The van der Waals surface area contributed by atoms with Gasteiger partial charge in [0.1, 0.15) is 5.69 Å². The Kier molecular flexibility index (Phi) is 6.38. The number of nitrogens with zero attached hydrogens (tertiary/aromatic N) is 1. The molecule has 2 rings (SSSR count). The van der Waals surface area contributed by atoms with Crippen molar-refractivity contribution in [3.63, 3.8) is 0 Å². The molecule has 1 saturated carbocycles. The Morgan fingerprint density at radius 2 is 1.83 bits per heavy atom. The van der Waals surface area contributed by atoms with Gasteiger partial charge >= 0.3 is 6.18 Å². The minimum atomic E-state index is -4.49. The second-order valence-electron chi connectivity index (χ2n) is 5.83. The van der Waals surface area contributed by atoms with Gasteiger partial charge in [-0.25, -0.2) is 0 Å². The third-order valence-electron chi connectivity index (χ3n) is 4.01. The molecule has 2 N–H and O–H groups in total. The van der Waals surface area contributed by atoms with E-state index in [9.17, 15) is 18.0 Å². The summed E-state index contributed by atoms with van der Waals surface area (Å²) in [4.78, 5) is 15.1. The van der Waals surface area contributed by atoms with Crippen molar-refractivity contribution in [3.05, 3.63) is 29.6 Å². The molecular formula is C16H22F3N3O. The van der Waals surface area contributed by atoms with Gasteiger partial charge < -0.3 is 10.6 Å². The summed E-state index contributed by atoms with van der Waals surface area (Å²) < 4.78 is 37.2. The van der Waals surface area contributed by atoms with Gasteiger partial charge in [0.25, 0.3) is 5.91 Å². The number of carbonyl (C=O) groups is 1. The molecule has 0 aromatic carbocycles. The van der Waals surface area contributed by atoms with Gasteiger partial charge in [-0.2, -0.15) is 13.2 Å².